The van der Waals surface area contributed by atoms with Crippen LogP contribution in [0.1, 0.15) is 32.6 Å². The van der Waals surface area contributed by atoms with E-state index in [0.29, 0.717) is 13.2 Å². The monoisotopic (exact) mass is 241 g/mol. The van der Waals surface area contributed by atoms with Gasteiger partial charge in [0.15, 0.2) is 0 Å². The molecule has 0 bridgehead atoms. The van der Waals surface area contributed by atoms with Crippen LogP contribution in [0.5, 0.6) is 0 Å². The Labute approximate surface area is 103 Å². The van der Waals surface area contributed by atoms with Crippen molar-refractivity contribution in [2.45, 2.75) is 44.2 Å². The van der Waals surface area contributed by atoms with Gasteiger partial charge in [0.1, 0.15) is 5.54 Å². The van der Waals surface area contributed by atoms with E-state index in [1.165, 1.54) is 0 Å². The third-order valence-electron chi connectivity index (χ3n) is 3.32. The molecular formula is C13H23NO3. The number of hydrogen-bond acceptors (Lipinski definition) is 4. The summed E-state index contributed by atoms with van der Waals surface area (Å²) in [6, 6.07) is 0. The second kappa shape index (κ2) is 6.77. The number of rotatable bonds is 6. The molecule has 2 atom stereocenters. The van der Waals surface area contributed by atoms with Crippen molar-refractivity contribution in [3.63, 3.8) is 0 Å². The molecule has 17 heavy (non-hydrogen) atoms. The molecule has 1 aliphatic rings. The smallest absolute Gasteiger partial charge is 0.329 e. The van der Waals surface area contributed by atoms with Gasteiger partial charge in [-0.15, -0.1) is 6.58 Å². The summed E-state index contributed by atoms with van der Waals surface area (Å²) in [5, 5.41) is 3.25. The molecule has 4 heteroatoms. The molecule has 1 aliphatic carbocycles. The van der Waals surface area contributed by atoms with E-state index in [1.54, 1.807) is 13.2 Å². The summed E-state index contributed by atoms with van der Waals surface area (Å²) in [7, 11) is 1.65. The molecule has 1 saturated carbocycles. The molecule has 1 N–H and O–H groups in total. The van der Waals surface area contributed by atoms with Crippen molar-refractivity contribution >= 4 is 5.97 Å². The van der Waals surface area contributed by atoms with Gasteiger partial charge in [-0.1, -0.05) is 18.9 Å². The van der Waals surface area contributed by atoms with Gasteiger partial charge in [-0.25, -0.2) is 4.79 Å². The zero-order valence-corrected chi connectivity index (χ0v) is 10.8. The molecule has 0 heterocycles. The van der Waals surface area contributed by atoms with Gasteiger partial charge in [0.2, 0.25) is 0 Å². The highest BCUT2D eigenvalue weighted by atomic mass is 16.5. The summed E-state index contributed by atoms with van der Waals surface area (Å²) in [5.74, 6) is -0.201. The molecule has 0 aliphatic heterocycles. The van der Waals surface area contributed by atoms with Gasteiger partial charge in [-0.3, -0.25) is 5.32 Å². The third kappa shape index (κ3) is 3.07. The molecule has 1 rings (SSSR count). The van der Waals surface area contributed by atoms with Crippen molar-refractivity contribution in [3.05, 3.63) is 12.7 Å². The number of carbonyl (C=O) groups excluding carboxylic acids is 1. The molecule has 4 nitrogen and oxygen atoms in total. The van der Waals surface area contributed by atoms with Crippen LogP contribution in [0.15, 0.2) is 12.7 Å². The van der Waals surface area contributed by atoms with E-state index in [9.17, 15) is 4.79 Å². The fourth-order valence-electron chi connectivity index (χ4n) is 2.48. The molecule has 0 saturated heterocycles. The second-order valence-electron chi connectivity index (χ2n) is 4.33. The molecule has 1 fully saturated rings. The van der Waals surface area contributed by atoms with Gasteiger partial charge >= 0.3 is 5.97 Å². The Kier molecular flexibility index (Phi) is 5.65. The maximum Gasteiger partial charge on any atom is 0.329 e. The van der Waals surface area contributed by atoms with E-state index in [4.69, 9.17) is 9.47 Å². The highest BCUT2D eigenvalue weighted by Crippen LogP contribution is 2.31. The summed E-state index contributed by atoms with van der Waals surface area (Å²) < 4.78 is 10.7. The van der Waals surface area contributed by atoms with E-state index in [-0.39, 0.29) is 12.1 Å². The summed E-state index contributed by atoms with van der Waals surface area (Å²) in [6.45, 7) is 6.48. The molecule has 0 radical (unpaired) electrons. The molecule has 0 aromatic carbocycles. The Morgan fingerprint density at radius 2 is 2.35 bits per heavy atom. The van der Waals surface area contributed by atoms with Crippen LogP contribution < -0.4 is 5.32 Å². The molecule has 0 aromatic heterocycles. The molecule has 98 valence electrons. The number of ether oxygens (including phenoxy) is 2. The fraction of sp³-hybridized carbons (Fsp3) is 0.769. The quantitative estimate of drug-likeness (QED) is 0.567. The van der Waals surface area contributed by atoms with Gasteiger partial charge in [0.25, 0.3) is 0 Å². The highest BCUT2D eigenvalue weighted by Gasteiger charge is 2.48. The third-order valence-corrected chi connectivity index (χ3v) is 3.32. The summed E-state index contributed by atoms with van der Waals surface area (Å²) in [4.78, 5) is 12.2. The Morgan fingerprint density at radius 1 is 1.59 bits per heavy atom. The van der Waals surface area contributed by atoms with Crippen molar-refractivity contribution < 1.29 is 14.3 Å². The summed E-state index contributed by atoms with van der Waals surface area (Å²) in [6.07, 6.45) is 5.40. The summed E-state index contributed by atoms with van der Waals surface area (Å²) >= 11 is 0. The van der Waals surface area contributed by atoms with Gasteiger partial charge in [-0.2, -0.15) is 0 Å². The van der Waals surface area contributed by atoms with E-state index in [2.05, 4.69) is 11.9 Å². The first-order valence-electron chi connectivity index (χ1n) is 6.27. The average Bonchev–Trinajstić information content (AvgIpc) is 2.36. The lowest BCUT2D eigenvalue weighted by Crippen LogP contribution is -2.62. The first-order chi connectivity index (χ1) is 8.21. The molecular weight excluding hydrogens is 218 g/mol. The zero-order chi connectivity index (χ0) is 12.7. The minimum Gasteiger partial charge on any atom is -0.465 e. The Balaban J connectivity index is 2.88. The zero-order valence-electron chi connectivity index (χ0n) is 10.8. The van der Waals surface area contributed by atoms with Gasteiger partial charge in [-0.05, 0) is 19.8 Å². The fourth-order valence-corrected chi connectivity index (χ4v) is 2.48. The lowest BCUT2D eigenvalue weighted by molar-refractivity contribution is -0.160. The van der Waals surface area contributed by atoms with Crippen LogP contribution in [0, 0.1) is 0 Å². The Morgan fingerprint density at radius 3 is 2.94 bits per heavy atom. The average molecular weight is 241 g/mol. The second-order valence-corrected chi connectivity index (χ2v) is 4.33. The van der Waals surface area contributed by atoms with Gasteiger partial charge in [0.05, 0.1) is 12.7 Å². The standard InChI is InChI=1S/C13H23NO3/c1-4-10-14-13(12(15)17-5-2)9-7-6-8-11(13)16-3/h4,11,14H,1,5-10H2,2-3H3. The SMILES string of the molecule is C=CCNC1(C(=O)OCC)CCCCC1OC. The lowest BCUT2D eigenvalue weighted by atomic mass is 9.79. The number of hydrogen-bond donors (Lipinski definition) is 1. The van der Waals surface area contributed by atoms with E-state index in [1.807, 2.05) is 6.92 Å². The first kappa shape index (κ1) is 14.2. The van der Waals surface area contributed by atoms with E-state index >= 15 is 0 Å². The highest BCUT2D eigenvalue weighted by molar-refractivity contribution is 5.82. The minimum absolute atomic E-state index is 0.116. The molecule has 0 aromatic rings. The summed E-state index contributed by atoms with van der Waals surface area (Å²) in [5.41, 5.74) is -0.697. The Hall–Kier alpha value is -0.870. The molecule has 2 unspecified atom stereocenters. The Bertz CT molecular complexity index is 267. The van der Waals surface area contributed by atoms with Crippen LogP contribution in [0.3, 0.4) is 0 Å². The van der Waals surface area contributed by atoms with Crippen LogP contribution >= 0.6 is 0 Å². The maximum absolute atomic E-state index is 12.2. The van der Waals surface area contributed by atoms with Crippen molar-refractivity contribution in [2.24, 2.45) is 0 Å². The van der Waals surface area contributed by atoms with Crippen molar-refractivity contribution in [1.82, 2.24) is 5.32 Å². The maximum atomic E-state index is 12.2. The van der Waals surface area contributed by atoms with Crippen LogP contribution in [-0.2, 0) is 14.3 Å². The predicted molar refractivity (Wildman–Crippen MR) is 66.8 cm³/mol. The first-order valence-corrected chi connectivity index (χ1v) is 6.27. The lowest BCUT2D eigenvalue weighted by Gasteiger charge is -2.41. The van der Waals surface area contributed by atoms with Crippen molar-refractivity contribution in [3.8, 4) is 0 Å². The van der Waals surface area contributed by atoms with Crippen molar-refractivity contribution in [1.29, 1.82) is 0 Å². The molecule has 0 amide bonds. The van der Waals surface area contributed by atoms with Gasteiger partial charge in [0, 0.05) is 13.7 Å². The van der Waals surface area contributed by atoms with Crippen LogP contribution in [-0.4, -0.2) is 37.9 Å². The van der Waals surface area contributed by atoms with Crippen molar-refractivity contribution in [2.75, 3.05) is 20.3 Å². The van der Waals surface area contributed by atoms with Crippen LogP contribution in [0.25, 0.3) is 0 Å². The normalized spacial score (nSPS) is 28.7. The minimum atomic E-state index is -0.697. The predicted octanol–water partition coefficient (Wildman–Crippen LogP) is 1.65. The number of esters is 1. The number of methoxy groups -OCH3 is 1. The topological polar surface area (TPSA) is 47.6 Å². The van der Waals surface area contributed by atoms with E-state index < -0.39 is 5.54 Å². The largest absolute Gasteiger partial charge is 0.465 e. The van der Waals surface area contributed by atoms with Crippen LogP contribution in [0.4, 0.5) is 0 Å². The number of nitrogens with one attached hydrogen (secondary N) is 1. The number of carbonyl (C=O) groups is 1. The molecule has 0 spiro atoms. The van der Waals surface area contributed by atoms with Crippen LogP contribution in [0.2, 0.25) is 0 Å². The van der Waals surface area contributed by atoms with E-state index in [0.717, 1.165) is 25.7 Å². The van der Waals surface area contributed by atoms with Gasteiger partial charge < -0.3 is 9.47 Å².